The van der Waals surface area contributed by atoms with Crippen molar-refractivity contribution in [3.8, 4) is 17.0 Å². The van der Waals surface area contributed by atoms with E-state index in [0.29, 0.717) is 27.6 Å². The van der Waals surface area contributed by atoms with Crippen molar-refractivity contribution in [2.24, 2.45) is 17.6 Å². The van der Waals surface area contributed by atoms with Gasteiger partial charge in [-0.3, -0.25) is 19.3 Å². The summed E-state index contributed by atoms with van der Waals surface area (Å²) in [6.07, 6.45) is 0.181. The van der Waals surface area contributed by atoms with Crippen LogP contribution >= 0.6 is 11.3 Å². The van der Waals surface area contributed by atoms with Crippen LogP contribution in [0.15, 0.2) is 58.4 Å². The van der Waals surface area contributed by atoms with Crippen LogP contribution < -0.4 is 16.0 Å². The maximum Gasteiger partial charge on any atom is 0.255 e. The number of amides is 1. The molecule has 0 radical (unpaired) electrons. The van der Waals surface area contributed by atoms with E-state index in [0.717, 1.165) is 5.56 Å². The van der Waals surface area contributed by atoms with Gasteiger partial charge in [0.1, 0.15) is 28.7 Å². The van der Waals surface area contributed by atoms with E-state index in [9.17, 15) is 39.2 Å². The Kier molecular flexibility index (Phi) is 7.85. The Balaban J connectivity index is 1.40. The van der Waals surface area contributed by atoms with Gasteiger partial charge in [-0.2, -0.15) is 0 Å². The van der Waals surface area contributed by atoms with Crippen molar-refractivity contribution in [1.29, 1.82) is 0 Å². The average molecular weight is 664 g/mol. The van der Waals surface area contributed by atoms with Gasteiger partial charge in [-0.1, -0.05) is 0 Å². The first-order valence-electron chi connectivity index (χ1n) is 14.8. The summed E-state index contributed by atoms with van der Waals surface area (Å²) in [5.74, 6) is -7.32. The molecule has 2 aromatic carbocycles. The lowest BCUT2D eigenvalue weighted by Gasteiger charge is -2.50. The molecule has 4 unspecified atom stereocenters. The zero-order chi connectivity index (χ0) is 34.1. The van der Waals surface area contributed by atoms with Gasteiger partial charge < -0.3 is 36.4 Å². The average Bonchev–Trinajstić information content (AvgIpc) is 3.47. The topological polar surface area (TPSA) is 190 Å². The van der Waals surface area contributed by atoms with Crippen LogP contribution in [0.4, 0.5) is 15.2 Å². The molecule has 0 saturated heterocycles. The number of carbonyl (C=O) groups excluding carboxylic acids is 3. The number of hydrogen-bond acceptors (Lipinski definition) is 12. The van der Waals surface area contributed by atoms with Crippen LogP contribution in [0.25, 0.3) is 11.3 Å². The smallest absolute Gasteiger partial charge is 0.255 e. The lowest BCUT2D eigenvalue weighted by molar-refractivity contribution is -0.148. The van der Waals surface area contributed by atoms with Gasteiger partial charge in [-0.05, 0) is 68.8 Å². The third kappa shape index (κ3) is 4.94. The zero-order valence-corrected chi connectivity index (χ0v) is 26.9. The third-order valence-electron chi connectivity index (χ3n) is 9.33. The number of likely N-dealkylation sites (N-methyl/N-ethyl adjacent to an activating group) is 1. The summed E-state index contributed by atoms with van der Waals surface area (Å²) in [5, 5.41) is 51.4. The van der Waals surface area contributed by atoms with Gasteiger partial charge in [-0.25, -0.2) is 9.37 Å². The molecule has 0 aliphatic heterocycles. The molecule has 1 heterocycles. The number of primary amides is 1. The molecule has 0 saturated carbocycles. The second-order valence-corrected chi connectivity index (χ2v) is 13.4. The van der Waals surface area contributed by atoms with Crippen molar-refractivity contribution in [2.75, 3.05) is 38.4 Å². The van der Waals surface area contributed by atoms with Crippen LogP contribution in [-0.2, 0) is 22.6 Å². The zero-order valence-electron chi connectivity index (χ0n) is 26.0. The highest BCUT2D eigenvalue weighted by Crippen LogP contribution is 2.53. The van der Waals surface area contributed by atoms with E-state index in [1.807, 2.05) is 0 Å². The summed E-state index contributed by atoms with van der Waals surface area (Å²) in [6.45, 7) is 0.0686. The number of nitrogens with one attached hydrogen (secondary N) is 1. The highest BCUT2D eigenvalue weighted by Gasteiger charge is 2.63. The Morgan fingerprint density at radius 2 is 1.83 bits per heavy atom. The molecule has 1 amide bonds. The fourth-order valence-electron chi connectivity index (χ4n) is 7.17. The Morgan fingerprint density at radius 3 is 2.45 bits per heavy atom. The molecule has 12 nitrogen and oxygen atoms in total. The SMILES string of the molecule is CN(C)c1cc(CNc2nc(-c3ccc(F)cc3)cs2)c(O)c2c1CC1CC3C(N(C)C)C(O)=C(C(N)=O)C(=O)C3(O)C(O)=C1C2=O. The van der Waals surface area contributed by atoms with E-state index in [1.165, 1.54) is 28.4 Å². The number of aliphatic hydroxyl groups excluding tert-OH is 2. The summed E-state index contributed by atoms with van der Waals surface area (Å²) in [5.41, 5.74) is 4.46. The van der Waals surface area contributed by atoms with Gasteiger partial charge in [0.2, 0.25) is 5.78 Å². The predicted octanol–water partition coefficient (Wildman–Crippen LogP) is 3.06. The van der Waals surface area contributed by atoms with E-state index < -0.39 is 58.0 Å². The van der Waals surface area contributed by atoms with E-state index in [1.54, 1.807) is 56.7 Å². The molecule has 3 aliphatic rings. The number of benzene rings is 2. The molecule has 14 heteroatoms. The number of fused-ring (bicyclic) bond motifs is 3. The molecule has 246 valence electrons. The Hall–Kier alpha value is -4.79. The molecule has 3 aliphatic carbocycles. The molecule has 3 aromatic rings. The molecule has 4 atom stereocenters. The van der Waals surface area contributed by atoms with Crippen molar-refractivity contribution in [1.82, 2.24) is 9.88 Å². The number of aliphatic hydroxyl groups is 3. The van der Waals surface area contributed by atoms with E-state index in [-0.39, 0.29) is 42.1 Å². The molecule has 0 bridgehead atoms. The van der Waals surface area contributed by atoms with Gasteiger partial charge in [-0.15, -0.1) is 11.3 Å². The first kappa shape index (κ1) is 32.2. The van der Waals surface area contributed by atoms with E-state index >= 15 is 0 Å². The molecule has 0 fully saturated rings. The second kappa shape index (κ2) is 11.5. The summed E-state index contributed by atoms with van der Waals surface area (Å²) in [4.78, 5) is 47.9. The van der Waals surface area contributed by atoms with Gasteiger partial charge in [0.15, 0.2) is 16.5 Å². The van der Waals surface area contributed by atoms with E-state index in [2.05, 4.69) is 10.3 Å². The lowest BCUT2D eigenvalue weighted by Crippen LogP contribution is -2.63. The number of rotatable bonds is 7. The molecular weight excluding hydrogens is 629 g/mol. The molecule has 7 N–H and O–H groups in total. The lowest BCUT2D eigenvalue weighted by atomic mass is 9.58. The van der Waals surface area contributed by atoms with Crippen molar-refractivity contribution in [3.05, 3.63) is 80.9 Å². The molecular formula is C33H34FN5O7S. The molecule has 1 aromatic heterocycles. The number of phenolic OH excluding ortho intramolecular Hbond substituents is 1. The normalized spacial score (nSPS) is 23.9. The Labute approximate surface area is 273 Å². The van der Waals surface area contributed by atoms with Gasteiger partial charge in [0.25, 0.3) is 5.91 Å². The largest absolute Gasteiger partial charge is 0.510 e. The highest BCUT2D eigenvalue weighted by atomic mass is 32.1. The number of hydrogen-bond donors (Lipinski definition) is 6. The number of aromatic hydroxyl groups is 1. The minimum absolute atomic E-state index is 0.00311. The van der Waals surface area contributed by atoms with Crippen molar-refractivity contribution in [3.63, 3.8) is 0 Å². The fraction of sp³-hybridized carbons (Fsp3) is 0.333. The van der Waals surface area contributed by atoms with Crippen LogP contribution in [0, 0.1) is 17.7 Å². The Bertz CT molecular complexity index is 1900. The summed E-state index contributed by atoms with van der Waals surface area (Å²) < 4.78 is 13.4. The first-order valence-corrected chi connectivity index (χ1v) is 15.7. The van der Waals surface area contributed by atoms with Crippen molar-refractivity contribution >= 4 is 39.6 Å². The molecule has 6 rings (SSSR count). The second-order valence-electron chi connectivity index (χ2n) is 12.5. The third-order valence-corrected chi connectivity index (χ3v) is 10.1. The van der Waals surface area contributed by atoms with Crippen LogP contribution in [0.3, 0.4) is 0 Å². The minimum atomic E-state index is -2.71. The monoisotopic (exact) mass is 663 g/mol. The number of anilines is 2. The standard InChI is InChI=1S/C33H34FN5O7S/c1-38(2)21-11-16(12-36-32-37-20(13-47-32)14-5-7-17(34)8-6-14)26(40)23-18(21)9-15-10-19-25(39(3)4)28(42)24(31(35)45)30(44)33(19,46)29(43)22(15)27(23)41/h5-8,11,13,15,19,25,40,42-43,46H,9-10,12H2,1-4H3,(H2,35,45)(H,36,37). The number of Topliss-reactive ketones (excluding diaryl/α,β-unsaturated/α-hetero) is 2. The number of carbonyl (C=O) groups is 3. The number of aromatic nitrogens is 1. The number of nitrogens with zero attached hydrogens (tertiary/aromatic N) is 3. The number of phenols is 1. The first-order chi connectivity index (χ1) is 22.2. The molecule has 0 spiro atoms. The van der Waals surface area contributed by atoms with Crippen LogP contribution in [-0.4, -0.2) is 87.6 Å². The molecule has 47 heavy (non-hydrogen) atoms. The van der Waals surface area contributed by atoms with E-state index in [4.69, 9.17) is 5.73 Å². The summed E-state index contributed by atoms with van der Waals surface area (Å²) in [6, 6.07) is 6.63. The van der Waals surface area contributed by atoms with Crippen molar-refractivity contribution < 1.29 is 39.2 Å². The van der Waals surface area contributed by atoms with Gasteiger partial charge >= 0.3 is 0 Å². The fourth-order valence-corrected chi connectivity index (χ4v) is 7.88. The summed E-state index contributed by atoms with van der Waals surface area (Å²) >= 11 is 1.31. The van der Waals surface area contributed by atoms with Gasteiger partial charge in [0.05, 0.1) is 17.3 Å². The van der Waals surface area contributed by atoms with Crippen LogP contribution in [0.2, 0.25) is 0 Å². The maximum atomic E-state index is 14.2. The highest BCUT2D eigenvalue weighted by molar-refractivity contribution is 7.14. The van der Waals surface area contributed by atoms with Crippen molar-refractivity contribution in [2.45, 2.75) is 31.0 Å². The number of halogens is 1. The number of ketones is 2. The predicted molar refractivity (Wildman–Crippen MR) is 173 cm³/mol. The Morgan fingerprint density at radius 1 is 1.15 bits per heavy atom. The number of thiazole rings is 1. The summed E-state index contributed by atoms with van der Waals surface area (Å²) in [7, 11) is 6.76. The van der Waals surface area contributed by atoms with Crippen LogP contribution in [0.1, 0.15) is 27.9 Å². The van der Waals surface area contributed by atoms with Gasteiger partial charge in [0, 0.05) is 54.3 Å². The number of nitrogens with two attached hydrogens (primary N) is 1. The maximum absolute atomic E-state index is 14.2. The number of allylic oxidation sites excluding steroid dienone is 1. The minimum Gasteiger partial charge on any atom is -0.510 e. The quantitative estimate of drug-likeness (QED) is 0.204. The van der Waals surface area contributed by atoms with Crippen LogP contribution in [0.5, 0.6) is 5.75 Å².